The number of nitrogens with one attached hydrogen (secondary N) is 1. The first-order valence-corrected chi connectivity index (χ1v) is 5.46. The van der Waals surface area contributed by atoms with Gasteiger partial charge in [0.05, 0.1) is 11.3 Å². The number of halogens is 1. The van der Waals surface area contributed by atoms with Crippen LogP contribution in [0.15, 0.2) is 42.6 Å². The highest BCUT2D eigenvalue weighted by Crippen LogP contribution is 2.16. The molecule has 5 nitrogen and oxygen atoms in total. The second-order valence-corrected chi connectivity index (χ2v) is 3.51. The van der Waals surface area contributed by atoms with Gasteiger partial charge in [-0.2, -0.15) is 10.5 Å². The first-order valence-electron chi connectivity index (χ1n) is 5.46. The quantitative estimate of drug-likeness (QED) is 0.505. The number of allylic oxidation sites excluding steroid dienone is 1. The largest absolute Gasteiger partial charge is 0.458 e. The van der Waals surface area contributed by atoms with Crippen LogP contribution >= 0.6 is 0 Å². The van der Waals surface area contributed by atoms with Gasteiger partial charge in [0.2, 0.25) is 0 Å². The van der Waals surface area contributed by atoms with E-state index in [1.807, 2.05) is 0 Å². The number of esters is 1. The molecule has 1 aromatic rings. The van der Waals surface area contributed by atoms with Gasteiger partial charge >= 0.3 is 5.97 Å². The molecular weight excluding hydrogens is 261 g/mol. The highest BCUT2D eigenvalue weighted by atomic mass is 19.1. The van der Waals surface area contributed by atoms with Crippen LogP contribution in [-0.4, -0.2) is 12.6 Å². The summed E-state index contributed by atoms with van der Waals surface area (Å²) in [6, 6.07) is 6.92. The van der Waals surface area contributed by atoms with Gasteiger partial charge in [-0.25, -0.2) is 9.18 Å². The van der Waals surface area contributed by atoms with Gasteiger partial charge in [-0.1, -0.05) is 12.7 Å². The molecule has 6 heteroatoms. The second-order valence-electron chi connectivity index (χ2n) is 3.51. The lowest BCUT2D eigenvalue weighted by Gasteiger charge is -2.05. The minimum Gasteiger partial charge on any atom is -0.458 e. The molecule has 1 aromatic carbocycles. The van der Waals surface area contributed by atoms with Gasteiger partial charge in [0.25, 0.3) is 0 Å². The van der Waals surface area contributed by atoms with Crippen LogP contribution in [0.2, 0.25) is 0 Å². The van der Waals surface area contributed by atoms with Gasteiger partial charge < -0.3 is 10.1 Å². The Bertz CT molecular complexity index is 623. The first-order chi connectivity index (χ1) is 9.62. The van der Waals surface area contributed by atoms with Crippen LogP contribution in [0.5, 0.6) is 0 Å². The van der Waals surface area contributed by atoms with Gasteiger partial charge in [0.1, 0.15) is 30.1 Å². The van der Waals surface area contributed by atoms with Crippen molar-refractivity contribution in [3.05, 3.63) is 54.0 Å². The Labute approximate surface area is 115 Å². The Kier molecular flexibility index (Phi) is 5.49. The molecule has 1 N–H and O–H groups in total. The summed E-state index contributed by atoms with van der Waals surface area (Å²) < 4.78 is 18.5. The topological polar surface area (TPSA) is 85.9 Å². The third-order valence-corrected chi connectivity index (χ3v) is 2.15. The molecule has 20 heavy (non-hydrogen) atoms. The summed E-state index contributed by atoms with van der Waals surface area (Å²) in [6.45, 7) is 3.43. The van der Waals surface area contributed by atoms with Crippen LogP contribution in [0.3, 0.4) is 0 Å². The minimum atomic E-state index is -0.704. The Morgan fingerprint density at radius 1 is 1.45 bits per heavy atom. The fourth-order valence-electron chi connectivity index (χ4n) is 1.22. The molecule has 100 valence electrons. The molecule has 0 heterocycles. The van der Waals surface area contributed by atoms with E-state index in [0.717, 1.165) is 12.3 Å². The van der Waals surface area contributed by atoms with Gasteiger partial charge in [0.15, 0.2) is 0 Å². The van der Waals surface area contributed by atoms with Crippen molar-refractivity contribution in [2.24, 2.45) is 0 Å². The lowest BCUT2D eigenvalue weighted by Crippen LogP contribution is -2.06. The fraction of sp³-hybridized carbons (Fsp3) is 0.0714. The van der Waals surface area contributed by atoms with E-state index < -0.39 is 11.8 Å². The number of anilines is 1. The molecule has 0 saturated carbocycles. The summed E-state index contributed by atoms with van der Waals surface area (Å²) >= 11 is 0. The Morgan fingerprint density at radius 2 is 2.15 bits per heavy atom. The van der Waals surface area contributed by atoms with E-state index in [1.54, 1.807) is 12.1 Å². The summed E-state index contributed by atoms with van der Waals surface area (Å²) in [6.07, 6.45) is 2.48. The van der Waals surface area contributed by atoms with Crippen molar-refractivity contribution < 1.29 is 13.9 Å². The molecule has 0 aliphatic carbocycles. The fourth-order valence-corrected chi connectivity index (χ4v) is 1.22. The number of hydrogen-bond donors (Lipinski definition) is 1. The zero-order chi connectivity index (χ0) is 15.0. The van der Waals surface area contributed by atoms with E-state index in [9.17, 15) is 9.18 Å². The van der Waals surface area contributed by atoms with Crippen LogP contribution in [0.1, 0.15) is 10.4 Å². The van der Waals surface area contributed by atoms with E-state index in [0.29, 0.717) is 0 Å². The molecule has 0 bridgehead atoms. The van der Waals surface area contributed by atoms with E-state index in [1.165, 1.54) is 18.2 Å². The molecule has 0 fully saturated rings. The summed E-state index contributed by atoms with van der Waals surface area (Å²) in [5, 5.41) is 19.5. The normalized spacial score (nSPS) is 8.75. The number of carbonyl (C=O) groups excluding carboxylic acids is 1. The second kappa shape index (κ2) is 7.34. The van der Waals surface area contributed by atoms with Gasteiger partial charge in [-0.15, -0.1) is 0 Å². The molecule has 0 amide bonds. The molecular formula is C14H10FN3O2. The molecule has 0 saturated heterocycles. The number of ether oxygens (including phenoxy) is 1. The summed E-state index contributed by atoms with van der Waals surface area (Å²) in [7, 11) is 0. The highest BCUT2D eigenvalue weighted by molar-refractivity contribution is 5.90. The maximum Gasteiger partial charge on any atom is 0.338 e. The summed E-state index contributed by atoms with van der Waals surface area (Å²) in [5.74, 6) is -1.37. The van der Waals surface area contributed by atoms with E-state index in [4.69, 9.17) is 15.3 Å². The van der Waals surface area contributed by atoms with Crippen LogP contribution in [-0.2, 0) is 4.74 Å². The number of carbonyl (C=O) groups is 1. The third-order valence-electron chi connectivity index (χ3n) is 2.15. The lowest BCUT2D eigenvalue weighted by atomic mass is 10.2. The predicted octanol–water partition coefficient (Wildman–Crippen LogP) is 2.51. The van der Waals surface area contributed by atoms with Crippen molar-refractivity contribution in [2.75, 3.05) is 11.9 Å². The number of nitriles is 2. The van der Waals surface area contributed by atoms with Crippen LogP contribution in [0, 0.1) is 28.5 Å². The maximum absolute atomic E-state index is 13.7. The Hall–Kier alpha value is -3.12. The van der Waals surface area contributed by atoms with Crippen molar-refractivity contribution in [3.8, 4) is 12.1 Å². The van der Waals surface area contributed by atoms with Crippen LogP contribution in [0.25, 0.3) is 0 Å². The van der Waals surface area contributed by atoms with Crippen LogP contribution < -0.4 is 5.32 Å². The lowest BCUT2D eigenvalue weighted by molar-refractivity contribution is 0.0549. The van der Waals surface area contributed by atoms with Crippen molar-refractivity contribution in [2.45, 2.75) is 0 Å². The number of nitrogens with zero attached hydrogens (tertiary/aromatic N) is 2. The van der Waals surface area contributed by atoms with E-state index in [-0.39, 0.29) is 23.4 Å². The molecule has 0 radical (unpaired) electrons. The molecule has 0 unspecified atom stereocenters. The summed E-state index contributed by atoms with van der Waals surface area (Å²) in [4.78, 5) is 11.5. The number of hydrogen-bond acceptors (Lipinski definition) is 5. The van der Waals surface area contributed by atoms with Gasteiger partial charge in [-0.3, -0.25) is 0 Å². The molecule has 0 aliphatic rings. The maximum atomic E-state index is 13.7. The van der Waals surface area contributed by atoms with E-state index in [2.05, 4.69) is 11.9 Å². The van der Waals surface area contributed by atoms with Crippen LogP contribution in [0.4, 0.5) is 10.1 Å². The van der Waals surface area contributed by atoms with Gasteiger partial charge in [-0.05, 0) is 18.2 Å². The standard InChI is InChI=1S/C14H10FN3O2/c1-2-5-20-14(19)11-3-4-13(12(15)6-11)18-9-10(7-16)8-17/h2-4,6,9,18H,1,5H2. The number of benzene rings is 1. The Morgan fingerprint density at radius 3 is 2.70 bits per heavy atom. The molecule has 0 aromatic heterocycles. The average Bonchev–Trinajstić information content (AvgIpc) is 2.47. The Balaban J connectivity index is 2.87. The minimum absolute atomic E-state index is 0.0354. The number of rotatable bonds is 5. The smallest absolute Gasteiger partial charge is 0.338 e. The zero-order valence-corrected chi connectivity index (χ0v) is 10.4. The van der Waals surface area contributed by atoms with Crippen molar-refractivity contribution >= 4 is 11.7 Å². The molecule has 0 spiro atoms. The molecule has 0 aliphatic heterocycles. The third kappa shape index (κ3) is 3.97. The predicted molar refractivity (Wildman–Crippen MR) is 69.8 cm³/mol. The van der Waals surface area contributed by atoms with Crippen molar-refractivity contribution in [3.63, 3.8) is 0 Å². The summed E-state index contributed by atoms with van der Waals surface area (Å²) in [5.41, 5.74) is -0.105. The highest BCUT2D eigenvalue weighted by Gasteiger charge is 2.10. The molecule has 0 atom stereocenters. The molecule has 1 rings (SSSR count). The monoisotopic (exact) mass is 271 g/mol. The zero-order valence-electron chi connectivity index (χ0n) is 10.4. The van der Waals surface area contributed by atoms with Crippen molar-refractivity contribution in [1.82, 2.24) is 0 Å². The van der Waals surface area contributed by atoms with Crippen molar-refractivity contribution in [1.29, 1.82) is 10.5 Å². The SMILES string of the molecule is C=CCOC(=O)c1ccc(NC=C(C#N)C#N)c(F)c1. The average molecular weight is 271 g/mol. The van der Waals surface area contributed by atoms with E-state index >= 15 is 0 Å². The first kappa shape index (κ1) is 14.9. The van der Waals surface area contributed by atoms with Gasteiger partial charge in [0, 0.05) is 6.20 Å².